The second-order valence-electron chi connectivity index (χ2n) is 5.04. The molecule has 1 aromatic rings. The van der Waals surface area contributed by atoms with E-state index < -0.39 is 23.7 Å². The molecule has 22 heavy (non-hydrogen) atoms. The molecule has 5 nitrogen and oxygen atoms in total. The number of hydrogen-bond acceptors (Lipinski definition) is 3. The lowest BCUT2D eigenvalue weighted by atomic mass is 10.0. The molecule has 1 aromatic carbocycles. The van der Waals surface area contributed by atoms with E-state index >= 15 is 0 Å². The summed E-state index contributed by atoms with van der Waals surface area (Å²) < 4.78 is 26.7. The fourth-order valence-electron chi connectivity index (χ4n) is 2.41. The summed E-state index contributed by atoms with van der Waals surface area (Å²) in [5, 5.41) is 16.4. The maximum atomic E-state index is 13.4. The van der Waals surface area contributed by atoms with Crippen molar-refractivity contribution in [2.45, 2.75) is 32.2 Å². The quantitative estimate of drug-likeness (QED) is 0.847. The zero-order valence-corrected chi connectivity index (χ0v) is 11.9. The van der Waals surface area contributed by atoms with Crippen molar-refractivity contribution in [2.75, 3.05) is 0 Å². The summed E-state index contributed by atoms with van der Waals surface area (Å²) in [5.41, 5.74) is 0.623. The third kappa shape index (κ3) is 3.34. The van der Waals surface area contributed by atoms with Gasteiger partial charge >= 0.3 is 6.03 Å². The van der Waals surface area contributed by atoms with Crippen molar-refractivity contribution >= 4 is 17.6 Å². The van der Waals surface area contributed by atoms with E-state index in [4.69, 9.17) is 10.7 Å². The number of urea groups is 1. The molecule has 0 radical (unpaired) electrons. The van der Waals surface area contributed by atoms with Crippen molar-refractivity contribution in [3.63, 3.8) is 0 Å². The zero-order chi connectivity index (χ0) is 16.3. The number of benzene rings is 1. The van der Waals surface area contributed by atoms with Gasteiger partial charge in [-0.3, -0.25) is 10.3 Å². The molecule has 2 rings (SSSR count). The van der Waals surface area contributed by atoms with Gasteiger partial charge in [-0.1, -0.05) is 0 Å². The van der Waals surface area contributed by atoms with E-state index in [0.717, 1.165) is 23.1 Å². The second kappa shape index (κ2) is 6.43. The van der Waals surface area contributed by atoms with Crippen LogP contribution in [0, 0.1) is 28.4 Å². The number of nitrogens with one attached hydrogen (secondary N) is 1. The molecule has 0 saturated carbocycles. The molecular weight excluding hydrogens is 290 g/mol. The van der Waals surface area contributed by atoms with Gasteiger partial charge in [0.15, 0.2) is 0 Å². The second-order valence-corrected chi connectivity index (χ2v) is 5.04. The first-order valence-corrected chi connectivity index (χ1v) is 6.70. The van der Waals surface area contributed by atoms with E-state index in [1.165, 1.54) is 6.92 Å². The Hall–Kier alpha value is -2.62. The number of amides is 2. The van der Waals surface area contributed by atoms with Gasteiger partial charge < -0.3 is 0 Å². The highest BCUT2D eigenvalue weighted by atomic mass is 19.1. The molecule has 0 bridgehead atoms. The van der Waals surface area contributed by atoms with Crippen LogP contribution in [0.15, 0.2) is 23.2 Å². The highest BCUT2D eigenvalue weighted by Gasteiger charge is 2.34. The first-order valence-electron chi connectivity index (χ1n) is 6.70. The number of hydrogen-bond donors (Lipinski definition) is 1. The van der Waals surface area contributed by atoms with Gasteiger partial charge in [0.25, 0.3) is 0 Å². The molecule has 1 N–H and O–H groups in total. The van der Waals surface area contributed by atoms with Gasteiger partial charge in [0.2, 0.25) is 0 Å². The first kappa shape index (κ1) is 15.8. The molecule has 1 aliphatic rings. The zero-order valence-electron chi connectivity index (χ0n) is 11.9. The predicted octanol–water partition coefficient (Wildman–Crippen LogP) is 3.57. The number of amidine groups is 1. The summed E-state index contributed by atoms with van der Waals surface area (Å²) >= 11 is 0. The van der Waals surface area contributed by atoms with Crippen LogP contribution in [-0.2, 0) is 0 Å². The summed E-state index contributed by atoms with van der Waals surface area (Å²) in [5.74, 6) is -1.41. The van der Waals surface area contributed by atoms with Crippen molar-refractivity contribution in [1.82, 2.24) is 4.90 Å². The molecule has 0 aromatic heterocycles. The first-order chi connectivity index (χ1) is 10.4. The third-order valence-electron chi connectivity index (χ3n) is 3.35. The summed E-state index contributed by atoms with van der Waals surface area (Å²) in [6.45, 7) is 1.54. The summed E-state index contributed by atoms with van der Waals surface area (Å²) in [6, 6.07) is 3.62. The monoisotopic (exact) mass is 304 g/mol. The molecule has 2 amide bonds. The van der Waals surface area contributed by atoms with E-state index in [-0.39, 0.29) is 12.3 Å². The summed E-state index contributed by atoms with van der Waals surface area (Å²) in [4.78, 5) is 17.1. The van der Waals surface area contributed by atoms with E-state index in [2.05, 4.69) is 4.99 Å². The highest BCUT2D eigenvalue weighted by molar-refractivity contribution is 6.03. The minimum atomic E-state index is -0.731. The van der Waals surface area contributed by atoms with Crippen molar-refractivity contribution < 1.29 is 13.6 Å². The molecule has 1 unspecified atom stereocenters. The minimum Gasteiger partial charge on any atom is -0.288 e. The number of rotatable bonds is 2. The van der Waals surface area contributed by atoms with Crippen LogP contribution in [0.25, 0.3) is 0 Å². The fraction of sp³-hybridized carbons (Fsp3) is 0.333. The van der Waals surface area contributed by atoms with E-state index in [1.807, 2.05) is 6.07 Å². The highest BCUT2D eigenvalue weighted by Crippen LogP contribution is 2.34. The van der Waals surface area contributed by atoms with Gasteiger partial charge in [-0.15, -0.1) is 0 Å². The average molecular weight is 304 g/mol. The van der Waals surface area contributed by atoms with Crippen LogP contribution in [0.3, 0.4) is 0 Å². The van der Waals surface area contributed by atoms with Crippen molar-refractivity contribution in [3.8, 4) is 6.07 Å². The maximum absolute atomic E-state index is 13.4. The van der Waals surface area contributed by atoms with Crippen molar-refractivity contribution in [3.05, 3.63) is 35.4 Å². The van der Waals surface area contributed by atoms with Crippen LogP contribution in [0.2, 0.25) is 0 Å². The van der Waals surface area contributed by atoms with Crippen LogP contribution in [0.1, 0.15) is 37.8 Å². The lowest BCUT2D eigenvalue weighted by Crippen LogP contribution is -2.32. The Bertz CT molecular complexity index is 673. The van der Waals surface area contributed by atoms with Gasteiger partial charge in [0.05, 0.1) is 18.5 Å². The molecule has 1 heterocycles. The van der Waals surface area contributed by atoms with Crippen LogP contribution < -0.4 is 0 Å². The molecule has 0 aliphatic carbocycles. The Kier molecular flexibility index (Phi) is 4.61. The maximum Gasteiger partial charge on any atom is 0.349 e. The summed E-state index contributed by atoms with van der Waals surface area (Å²) in [6.07, 6.45) is 0.730. The lowest BCUT2D eigenvalue weighted by molar-refractivity contribution is 0.222. The van der Waals surface area contributed by atoms with E-state index in [1.54, 1.807) is 0 Å². The Morgan fingerprint density at radius 3 is 2.68 bits per heavy atom. The van der Waals surface area contributed by atoms with Crippen molar-refractivity contribution in [2.24, 2.45) is 4.99 Å². The molecule has 7 heteroatoms. The number of carbonyl (C=O) groups is 1. The molecule has 0 spiro atoms. The number of aliphatic imine (C=N–C) groups is 1. The Morgan fingerprint density at radius 1 is 1.45 bits per heavy atom. The van der Waals surface area contributed by atoms with Crippen molar-refractivity contribution in [1.29, 1.82) is 10.7 Å². The number of nitrogens with zero attached hydrogens (tertiary/aromatic N) is 3. The van der Waals surface area contributed by atoms with Gasteiger partial charge in [-0.25, -0.2) is 18.6 Å². The Labute approximate surface area is 126 Å². The molecular formula is C15H14F2N4O. The Balaban J connectivity index is 2.32. The van der Waals surface area contributed by atoms with Crippen LogP contribution in [0.4, 0.5) is 13.6 Å². The number of nitriles is 1. The number of carbonyl (C=O) groups excluding carboxylic acids is 1. The third-order valence-corrected chi connectivity index (χ3v) is 3.35. The van der Waals surface area contributed by atoms with Gasteiger partial charge in [0, 0.05) is 18.2 Å². The standard InChI is InChI=1S/C15H14F2N4O/c1-9(4-5-18)20-15(22)21-13(2-3-14(21)19)10-6-11(16)8-12(17)7-10/h6-8,13,19H,2-4H2,1H3/b19-14?,20-9-. The molecule has 114 valence electrons. The van der Waals surface area contributed by atoms with Crippen LogP contribution >= 0.6 is 0 Å². The molecule has 1 saturated heterocycles. The van der Waals surface area contributed by atoms with Crippen LogP contribution in [-0.4, -0.2) is 22.5 Å². The molecule has 1 fully saturated rings. The fourth-order valence-corrected chi connectivity index (χ4v) is 2.41. The van der Waals surface area contributed by atoms with Gasteiger partial charge in [-0.05, 0) is 31.0 Å². The smallest absolute Gasteiger partial charge is 0.288 e. The number of likely N-dealkylation sites (tertiary alicyclic amines) is 1. The molecule has 1 atom stereocenters. The van der Waals surface area contributed by atoms with E-state index in [9.17, 15) is 13.6 Å². The van der Waals surface area contributed by atoms with Gasteiger partial charge in [0.1, 0.15) is 17.5 Å². The SMILES string of the molecule is C/C(CC#N)=N/C(=O)N1C(=N)CCC1c1cc(F)cc(F)c1. The largest absolute Gasteiger partial charge is 0.349 e. The Morgan fingerprint density at radius 2 is 2.09 bits per heavy atom. The average Bonchev–Trinajstić information content (AvgIpc) is 2.79. The minimum absolute atomic E-state index is 0.00612. The molecule has 1 aliphatic heterocycles. The normalized spacial score (nSPS) is 18.5. The van der Waals surface area contributed by atoms with Gasteiger partial charge in [-0.2, -0.15) is 5.26 Å². The van der Waals surface area contributed by atoms with Crippen LogP contribution in [0.5, 0.6) is 0 Å². The predicted molar refractivity (Wildman–Crippen MR) is 76.6 cm³/mol. The summed E-state index contributed by atoms with van der Waals surface area (Å²) in [7, 11) is 0. The number of halogens is 2. The topological polar surface area (TPSA) is 80.3 Å². The lowest BCUT2D eigenvalue weighted by Gasteiger charge is -2.23. The van der Waals surface area contributed by atoms with E-state index in [0.29, 0.717) is 24.1 Å².